The fraction of sp³-hybridized carbons (Fsp3) is 0.533. The Morgan fingerprint density at radius 2 is 2.19 bits per heavy atom. The van der Waals surface area contributed by atoms with Crippen LogP contribution in [0.1, 0.15) is 41.6 Å². The molecule has 1 aromatic rings. The standard InChI is InChI=1S/C15H20N2O4/c1-11-6-7-12(17(20)21)9-14(11)15(19)16-8-4-2-3-5-13(16)10-18/h6-7,9,13,18H,2-5,8,10H2,1H3. The van der Waals surface area contributed by atoms with Crippen molar-refractivity contribution >= 4 is 11.6 Å². The van der Waals surface area contributed by atoms with Gasteiger partial charge in [0.2, 0.25) is 0 Å². The van der Waals surface area contributed by atoms with Crippen molar-refractivity contribution < 1.29 is 14.8 Å². The van der Waals surface area contributed by atoms with E-state index < -0.39 is 4.92 Å². The number of non-ortho nitro benzene ring substituents is 1. The molecule has 0 bridgehead atoms. The van der Waals surface area contributed by atoms with Crippen molar-refractivity contribution in [1.82, 2.24) is 4.90 Å². The molecule has 1 fully saturated rings. The molecule has 1 unspecified atom stereocenters. The van der Waals surface area contributed by atoms with Crippen LogP contribution in [0.25, 0.3) is 0 Å². The quantitative estimate of drug-likeness (QED) is 0.684. The molecule has 0 saturated carbocycles. The van der Waals surface area contributed by atoms with E-state index in [1.54, 1.807) is 17.9 Å². The number of hydrogen-bond donors (Lipinski definition) is 1. The fourth-order valence-electron chi connectivity index (χ4n) is 2.74. The second-order valence-corrected chi connectivity index (χ2v) is 5.44. The molecule has 1 aliphatic rings. The largest absolute Gasteiger partial charge is 0.394 e. The zero-order valence-corrected chi connectivity index (χ0v) is 12.1. The molecule has 1 N–H and O–H groups in total. The van der Waals surface area contributed by atoms with Gasteiger partial charge in [0, 0.05) is 24.2 Å². The number of benzene rings is 1. The van der Waals surface area contributed by atoms with E-state index in [-0.39, 0.29) is 24.2 Å². The molecule has 1 heterocycles. The lowest BCUT2D eigenvalue weighted by Crippen LogP contribution is -2.42. The number of nitro benzene ring substituents is 1. The summed E-state index contributed by atoms with van der Waals surface area (Å²) in [6.45, 7) is 2.29. The first-order valence-corrected chi connectivity index (χ1v) is 7.21. The van der Waals surface area contributed by atoms with Gasteiger partial charge in [-0.3, -0.25) is 14.9 Å². The predicted molar refractivity (Wildman–Crippen MR) is 78.2 cm³/mol. The molecular formula is C15H20N2O4. The minimum atomic E-state index is -0.498. The Morgan fingerprint density at radius 3 is 2.86 bits per heavy atom. The summed E-state index contributed by atoms with van der Waals surface area (Å²) in [6, 6.07) is 4.13. The monoisotopic (exact) mass is 292 g/mol. The average molecular weight is 292 g/mol. The topological polar surface area (TPSA) is 83.7 Å². The number of nitrogens with zero attached hydrogens (tertiary/aromatic N) is 2. The van der Waals surface area contributed by atoms with E-state index in [0.29, 0.717) is 17.7 Å². The van der Waals surface area contributed by atoms with Gasteiger partial charge in [0.15, 0.2) is 0 Å². The number of nitro groups is 1. The lowest BCUT2D eigenvalue weighted by molar-refractivity contribution is -0.384. The summed E-state index contributed by atoms with van der Waals surface area (Å²) < 4.78 is 0. The number of hydrogen-bond acceptors (Lipinski definition) is 4. The molecule has 1 aromatic carbocycles. The van der Waals surface area contributed by atoms with E-state index in [1.165, 1.54) is 12.1 Å². The van der Waals surface area contributed by atoms with E-state index in [1.807, 2.05) is 0 Å². The fourth-order valence-corrected chi connectivity index (χ4v) is 2.74. The van der Waals surface area contributed by atoms with Crippen molar-refractivity contribution in [2.45, 2.75) is 38.6 Å². The third-order valence-electron chi connectivity index (χ3n) is 4.01. The highest BCUT2D eigenvalue weighted by Crippen LogP contribution is 2.23. The van der Waals surface area contributed by atoms with Crippen LogP contribution in [-0.4, -0.2) is 40.0 Å². The highest BCUT2D eigenvalue weighted by molar-refractivity contribution is 5.96. The van der Waals surface area contributed by atoms with Gasteiger partial charge in [-0.1, -0.05) is 18.9 Å². The number of carbonyl (C=O) groups is 1. The molecule has 114 valence electrons. The Labute approximate surface area is 123 Å². The third-order valence-corrected chi connectivity index (χ3v) is 4.01. The van der Waals surface area contributed by atoms with Gasteiger partial charge in [-0.2, -0.15) is 0 Å². The summed E-state index contributed by atoms with van der Waals surface area (Å²) >= 11 is 0. The summed E-state index contributed by atoms with van der Waals surface area (Å²) in [5, 5.41) is 20.4. The highest BCUT2D eigenvalue weighted by atomic mass is 16.6. The van der Waals surface area contributed by atoms with Crippen molar-refractivity contribution in [2.75, 3.05) is 13.2 Å². The Hall–Kier alpha value is -1.95. The highest BCUT2D eigenvalue weighted by Gasteiger charge is 2.27. The minimum Gasteiger partial charge on any atom is -0.394 e. The Bertz CT molecular complexity index is 544. The van der Waals surface area contributed by atoms with Crippen LogP contribution in [0, 0.1) is 17.0 Å². The third kappa shape index (κ3) is 3.39. The van der Waals surface area contributed by atoms with Crippen molar-refractivity contribution in [3.05, 3.63) is 39.4 Å². The zero-order chi connectivity index (χ0) is 15.4. The van der Waals surface area contributed by atoms with Gasteiger partial charge in [0.1, 0.15) is 0 Å². The molecule has 6 nitrogen and oxygen atoms in total. The van der Waals surface area contributed by atoms with Crippen LogP contribution in [0.15, 0.2) is 18.2 Å². The van der Waals surface area contributed by atoms with Gasteiger partial charge in [-0.15, -0.1) is 0 Å². The summed E-state index contributed by atoms with van der Waals surface area (Å²) in [6.07, 6.45) is 3.70. The molecule has 6 heteroatoms. The number of likely N-dealkylation sites (tertiary alicyclic amines) is 1. The SMILES string of the molecule is Cc1ccc([N+](=O)[O-])cc1C(=O)N1CCCCCC1CO. The number of aryl methyl sites for hydroxylation is 1. The first kappa shape index (κ1) is 15.4. The first-order chi connectivity index (χ1) is 10.0. The molecule has 0 radical (unpaired) electrons. The minimum absolute atomic E-state index is 0.0697. The van der Waals surface area contributed by atoms with E-state index in [0.717, 1.165) is 25.7 Å². The van der Waals surface area contributed by atoms with Gasteiger partial charge in [-0.05, 0) is 25.3 Å². The van der Waals surface area contributed by atoms with Crippen molar-refractivity contribution in [2.24, 2.45) is 0 Å². The van der Waals surface area contributed by atoms with Crippen molar-refractivity contribution in [3.8, 4) is 0 Å². The molecule has 1 atom stereocenters. The van der Waals surface area contributed by atoms with E-state index in [4.69, 9.17) is 0 Å². The molecule has 21 heavy (non-hydrogen) atoms. The summed E-state index contributed by atoms with van der Waals surface area (Å²) in [7, 11) is 0. The lowest BCUT2D eigenvalue weighted by atomic mass is 10.0. The van der Waals surface area contributed by atoms with Crippen LogP contribution in [0.4, 0.5) is 5.69 Å². The smallest absolute Gasteiger partial charge is 0.270 e. The second kappa shape index (κ2) is 6.67. The van der Waals surface area contributed by atoms with Gasteiger partial charge in [0.25, 0.3) is 11.6 Å². The summed E-state index contributed by atoms with van der Waals surface area (Å²) in [5.41, 5.74) is 0.982. The van der Waals surface area contributed by atoms with E-state index in [2.05, 4.69) is 0 Å². The van der Waals surface area contributed by atoms with E-state index >= 15 is 0 Å². The molecule has 2 rings (SSSR count). The van der Waals surface area contributed by atoms with Crippen LogP contribution in [0.2, 0.25) is 0 Å². The Kier molecular flexibility index (Phi) is 4.90. The van der Waals surface area contributed by atoms with Crippen molar-refractivity contribution in [3.63, 3.8) is 0 Å². The summed E-state index contributed by atoms with van der Waals surface area (Å²) in [4.78, 5) is 24.8. The number of rotatable bonds is 3. The van der Waals surface area contributed by atoms with Crippen LogP contribution < -0.4 is 0 Å². The maximum atomic E-state index is 12.7. The molecule has 0 spiro atoms. The number of aliphatic hydroxyl groups is 1. The number of amides is 1. The van der Waals surface area contributed by atoms with Crippen LogP contribution in [0.3, 0.4) is 0 Å². The van der Waals surface area contributed by atoms with Gasteiger partial charge < -0.3 is 10.0 Å². The lowest BCUT2D eigenvalue weighted by Gasteiger charge is -2.29. The molecule has 1 aliphatic heterocycles. The number of aliphatic hydroxyl groups excluding tert-OH is 1. The van der Waals surface area contributed by atoms with Crippen LogP contribution >= 0.6 is 0 Å². The van der Waals surface area contributed by atoms with E-state index in [9.17, 15) is 20.0 Å². The normalized spacial score (nSPS) is 19.1. The average Bonchev–Trinajstić information content (AvgIpc) is 2.71. The van der Waals surface area contributed by atoms with Gasteiger partial charge in [0.05, 0.1) is 17.6 Å². The molecule has 0 aliphatic carbocycles. The molecular weight excluding hydrogens is 272 g/mol. The molecule has 0 aromatic heterocycles. The summed E-state index contributed by atoms with van der Waals surface area (Å²) in [5.74, 6) is -0.225. The van der Waals surface area contributed by atoms with Crippen LogP contribution in [0.5, 0.6) is 0 Å². The van der Waals surface area contributed by atoms with Gasteiger partial charge in [-0.25, -0.2) is 0 Å². The number of carbonyl (C=O) groups excluding carboxylic acids is 1. The molecule has 1 saturated heterocycles. The van der Waals surface area contributed by atoms with Crippen LogP contribution in [-0.2, 0) is 0 Å². The van der Waals surface area contributed by atoms with Gasteiger partial charge >= 0.3 is 0 Å². The Morgan fingerprint density at radius 1 is 1.43 bits per heavy atom. The molecule has 1 amide bonds. The Balaban J connectivity index is 2.33. The maximum absolute atomic E-state index is 12.7. The predicted octanol–water partition coefficient (Wildman–Crippen LogP) is 2.28. The second-order valence-electron chi connectivity index (χ2n) is 5.44. The zero-order valence-electron chi connectivity index (χ0n) is 12.1. The van der Waals surface area contributed by atoms with Crippen molar-refractivity contribution in [1.29, 1.82) is 0 Å². The maximum Gasteiger partial charge on any atom is 0.270 e. The first-order valence-electron chi connectivity index (χ1n) is 7.21.